The molecule has 214 valence electrons. The van der Waals surface area contributed by atoms with Gasteiger partial charge in [0.05, 0.1) is 20.8 Å². The van der Waals surface area contributed by atoms with E-state index in [4.69, 9.17) is 9.47 Å². The van der Waals surface area contributed by atoms with Crippen LogP contribution in [0.4, 0.5) is 0 Å². The Morgan fingerprint density at radius 2 is 1.73 bits per heavy atom. The molecule has 0 atom stereocenters. The summed E-state index contributed by atoms with van der Waals surface area (Å²) >= 11 is 1.31. The highest BCUT2D eigenvalue weighted by Crippen LogP contribution is 2.49. The van der Waals surface area contributed by atoms with Crippen molar-refractivity contribution in [2.75, 3.05) is 32.3 Å². The summed E-state index contributed by atoms with van der Waals surface area (Å²) in [6, 6.07) is 13.6. The number of amides is 1. The van der Waals surface area contributed by atoms with E-state index in [-0.39, 0.29) is 23.9 Å². The third kappa shape index (κ3) is 7.28. The SMILES string of the molecule is CCS(=O)(=O)CC(=O)c1nc(CN(CCCc2ccccc2)C(=O)c2cc(OC)c(C3CC3)c(OC)c2)sc1C. The summed E-state index contributed by atoms with van der Waals surface area (Å²) in [5.41, 5.74) is 2.79. The van der Waals surface area contributed by atoms with Crippen LogP contribution in [0, 0.1) is 6.92 Å². The van der Waals surface area contributed by atoms with E-state index in [1.165, 1.54) is 23.8 Å². The molecule has 1 saturated carbocycles. The number of thiazole rings is 1. The van der Waals surface area contributed by atoms with E-state index in [1.807, 2.05) is 18.2 Å². The number of hydrogen-bond donors (Lipinski definition) is 0. The van der Waals surface area contributed by atoms with Crippen LogP contribution in [-0.2, 0) is 22.8 Å². The number of ether oxygens (including phenoxy) is 2. The Bertz CT molecular complexity index is 1440. The molecule has 0 spiro atoms. The van der Waals surface area contributed by atoms with E-state index in [0.717, 1.165) is 31.2 Å². The van der Waals surface area contributed by atoms with E-state index in [1.54, 1.807) is 38.2 Å². The molecule has 0 N–H and O–H groups in total. The molecule has 0 bridgehead atoms. The summed E-state index contributed by atoms with van der Waals surface area (Å²) in [7, 11) is -0.278. The topological polar surface area (TPSA) is 103 Å². The molecule has 1 heterocycles. The molecule has 0 radical (unpaired) electrons. The molecule has 40 heavy (non-hydrogen) atoms. The lowest BCUT2D eigenvalue weighted by molar-refractivity contribution is 0.0740. The smallest absolute Gasteiger partial charge is 0.254 e. The van der Waals surface area contributed by atoms with Crippen LogP contribution in [0.1, 0.15) is 74.0 Å². The summed E-state index contributed by atoms with van der Waals surface area (Å²) in [6.07, 6.45) is 3.66. The number of nitrogens with zero attached hydrogens (tertiary/aromatic N) is 2. The number of sulfone groups is 1. The van der Waals surface area contributed by atoms with E-state index in [0.29, 0.717) is 39.4 Å². The average molecular weight is 585 g/mol. The van der Waals surface area contributed by atoms with Crippen LogP contribution in [0.3, 0.4) is 0 Å². The summed E-state index contributed by atoms with van der Waals surface area (Å²) in [4.78, 5) is 33.5. The van der Waals surface area contributed by atoms with Gasteiger partial charge in [-0.25, -0.2) is 13.4 Å². The lowest BCUT2D eigenvalue weighted by Gasteiger charge is -2.23. The second-order valence-corrected chi connectivity index (χ2v) is 13.6. The maximum Gasteiger partial charge on any atom is 0.254 e. The molecule has 4 rings (SSSR count). The minimum absolute atomic E-state index is 0.106. The molecule has 0 aliphatic heterocycles. The van der Waals surface area contributed by atoms with Crippen molar-refractivity contribution in [3.63, 3.8) is 0 Å². The van der Waals surface area contributed by atoms with Gasteiger partial charge < -0.3 is 14.4 Å². The van der Waals surface area contributed by atoms with E-state index in [2.05, 4.69) is 17.1 Å². The van der Waals surface area contributed by atoms with Gasteiger partial charge in [-0.05, 0) is 56.2 Å². The van der Waals surface area contributed by atoms with Crippen molar-refractivity contribution in [3.8, 4) is 11.5 Å². The first kappa shape index (κ1) is 29.7. The number of Topliss-reactive ketones (excluding diaryl/α,β-unsaturated/α-hetero) is 1. The van der Waals surface area contributed by atoms with Gasteiger partial charge >= 0.3 is 0 Å². The fourth-order valence-corrected chi connectivity index (χ4v) is 6.41. The van der Waals surface area contributed by atoms with Gasteiger partial charge in [0.15, 0.2) is 15.6 Å². The van der Waals surface area contributed by atoms with Gasteiger partial charge in [0.1, 0.15) is 28.0 Å². The normalized spacial score (nSPS) is 13.2. The van der Waals surface area contributed by atoms with Crippen molar-refractivity contribution in [2.45, 2.75) is 52.0 Å². The number of methoxy groups -OCH3 is 2. The van der Waals surface area contributed by atoms with Crippen molar-refractivity contribution in [2.24, 2.45) is 0 Å². The maximum absolute atomic E-state index is 13.9. The predicted molar refractivity (Wildman–Crippen MR) is 157 cm³/mol. The number of aromatic nitrogens is 1. The number of aryl methyl sites for hydroxylation is 2. The molecule has 0 saturated heterocycles. The van der Waals surface area contributed by atoms with Crippen LogP contribution in [0.5, 0.6) is 11.5 Å². The Morgan fingerprint density at radius 3 is 2.30 bits per heavy atom. The highest BCUT2D eigenvalue weighted by atomic mass is 32.2. The monoisotopic (exact) mass is 584 g/mol. The number of rotatable bonds is 14. The second-order valence-electron chi connectivity index (χ2n) is 10.00. The molecule has 0 unspecified atom stereocenters. The Morgan fingerprint density at radius 1 is 1.07 bits per heavy atom. The summed E-state index contributed by atoms with van der Waals surface area (Å²) in [6.45, 7) is 3.93. The first-order valence-corrected chi connectivity index (χ1v) is 16.1. The van der Waals surface area contributed by atoms with Gasteiger partial charge in [0, 0.05) is 28.3 Å². The third-order valence-corrected chi connectivity index (χ3v) is 9.56. The maximum atomic E-state index is 13.9. The number of carbonyl (C=O) groups excluding carboxylic acids is 2. The lowest BCUT2D eigenvalue weighted by atomic mass is 10.0. The highest BCUT2D eigenvalue weighted by Gasteiger charge is 2.32. The van der Waals surface area contributed by atoms with Gasteiger partial charge in [-0.2, -0.15) is 0 Å². The van der Waals surface area contributed by atoms with Gasteiger partial charge in [-0.1, -0.05) is 37.3 Å². The van der Waals surface area contributed by atoms with Crippen LogP contribution in [0.25, 0.3) is 0 Å². The predicted octanol–water partition coefficient (Wildman–Crippen LogP) is 5.24. The lowest BCUT2D eigenvalue weighted by Crippen LogP contribution is -2.32. The fourth-order valence-electron chi connectivity index (χ4n) is 4.70. The Kier molecular flexibility index (Phi) is 9.63. The summed E-state index contributed by atoms with van der Waals surface area (Å²) < 4.78 is 35.4. The number of carbonyl (C=O) groups is 2. The van der Waals surface area contributed by atoms with Crippen LogP contribution in [0.2, 0.25) is 0 Å². The van der Waals surface area contributed by atoms with Crippen LogP contribution < -0.4 is 9.47 Å². The fraction of sp³-hybridized carbons (Fsp3) is 0.433. The van der Waals surface area contributed by atoms with Crippen LogP contribution in [-0.4, -0.2) is 62.3 Å². The molecular formula is C30H36N2O6S2. The highest BCUT2D eigenvalue weighted by molar-refractivity contribution is 7.92. The number of ketones is 1. The van der Waals surface area contributed by atoms with Gasteiger partial charge in [-0.15, -0.1) is 11.3 Å². The minimum Gasteiger partial charge on any atom is -0.496 e. The van der Waals surface area contributed by atoms with Crippen molar-refractivity contribution in [1.29, 1.82) is 0 Å². The number of hydrogen-bond acceptors (Lipinski definition) is 8. The van der Waals surface area contributed by atoms with Gasteiger partial charge in [0.25, 0.3) is 5.91 Å². The van der Waals surface area contributed by atoms with Crippen molar-refractivity contribution >= 4 is 32.9 Å². The first-order chi connectivity index (χ1) is 19.2. The summed E-state index contributed by atoms with van der Waals surface area (Å²) in [5, 5.41) is 0.580. The van der Waals surface area contributed by atoms with Crippen molar-refractivity contribution < 1.29 is 27.5 Å². The third-order valence-electron chi connectivity index (χ3n) is 7.02. The largest absolute Gasteiger partial charge is 0.496 e. The quantitative estimate of drug-likeness (QED) is 0.239. The van der Waals surface area contributed by atoms with E-state index in [9.17, 15) is 18.0 Å². The van der Waals surface area contributed by atoms with Crippen molar-refractivity contribution in [1.82, 2.24) is 9.88 Å². The molecule has 1 fully saturated rings. The molecule has 1 aliphatic carbocycles. The zero-order chi connectivity index (χ0) is 28.9. The molecular weight excluding hydrogens is 548 g/mol. The molecule has 1 aliphatic rings. The average Bonchev–Trinajstić information content (AvgIpc) is 3.72. The molecule has 3 aromatic rings. The zero-order valence-corrected chi connectivity index (χ0v) is 25.1. The van der Waals surface area contributed by atoms with E-state index < -0.39 is 21.4 Å². The standard InChI is InChI=1S/C30H36N2O6S2/c1-5-40(35,36)19-24(33)29-20(2)39-27(31-29)18-32(15-9-12-21-10-7-6-8-11-21)30(34)23-16-25(37-3)28(22-13-14-22)26(17-23)38-4/h6-8,10-11,16-17,22H,5,9,12-15,18-19H2,1-4H3. The van der Waals surface area contributed by atoms with Crippen LogP contribution >= 0.6 is 11.3 Å². The molecule has 1 aromatic heterocycles. The van der Waals surface area contributed by atoms with Gasteiger partial charge in [-0.3, -0.25) is 9.59 Å². The molecule has 2 aromatic carbocycles. The summed E-state index contributed by atoms with van der Waals surface area (Å²) in [5.74, 6) is 0.275. The zero-order valence-electron chi connectivity index (χ0n) is 23.4. The second kappa shape index (κ2) is 13.0. The van der Waals surface area contributed by atoms with Crippen molar-refractivity contribution in [3.05, 3.63) is 74.7 Å². The van der Waals surface area contributed by atoms with Gasteiger partial charge in [0.2, 0.25) is 0 Å². The Hall–Kier alpha value is -3.24. The first-order valence-electron chi connectivity index (χ1n) is 13.4. The molecule has 8 nitrogen and oxygen atoms in total. The van der Waals surface area contributed by atoms with Crippen LogP contribution in [0.15, 0.2) is 42.5 Å². The number of benzene rings is 2. The Balaban J connectivity index is 1.60. The molecule has 1 amide bonds. The molecule has 10 heteroatoms. The van der Waals surface area contributed by atoms with E-state index >= 15 is 0 Å². The minimum atomic E-state index is -3.48. The Labute approximate surface area is 240 Å².